The maximum atomic E-state index is 2.14. The molecule has 36 valence electrons. The molecule has 0 heterocycles. The van der Waals surface area contributed by atoms with Gasteiger partial charge in [-0.2, -0.15) is 0 Å². The Morgan fingerprint density at radius 3 is 0.800 bits per heavy atom. The third-order valence-electron chi connectivity index (χ3n) is 0. The molecule has 0 aromatic rings. The van der Waals surface area contributed by atoms with E-state index in [4.69, 9.17) is 0 Å². The van der Waals surface area contributed by atoms with Crippen molar-refractivity contribution in [3.8, 4) is 0 Å². The van der Waals surface area contributed by atoms with Crippen LogP contribution in [0.4, 0.5) is 0 Å². The fourth-order valence-electron chi connectivity index (χ4n) is 0. The van der Waals surface area contributed by atoms with Crippen LogP contribution >= 0.6 is 0 Å². The summed E-state index contributed by atoms with van der Waals surface area (Å²) in [4.78, 5) is 0. The van der Waals surface area contributed by atoms with E-state index >= 15 is 0 Å². The molecule has 0 atom stereocenters. The Kier molecular flexibility index (Phi) is 1000. The standard InChI is InChI=1S/2CH6Si.CH4/c2*1-2;/h2*1-2H3;1H4. The normalized spacial score (nSPS) is 3.60. The highest BCUT2D eigenvalue weighted by Crippen LogP contribution is 0.962. The predicted octanol–water partition coefficient (Wildman–Crippen LogP) is -0.564. The molecule has 2 heteroatoms. The highest BCUT2D eigenvalue weighted by Gasteiger charge is 0.964. The zero-order valence-electron chi connectivity index (χ0n) is 4.00. The minimum absolute atomic E-state index is 0. The van der Waals surface area contributed by atoms with Crippen molar-refractivity contribution in [3.63, 3.8) is 0 Å². The fourth-order valence-corrected chi connectivity index (χ4v) is 0. The topological polar surface area (TPSA) is 0 Å². The number of hydrogen-bond donors (Lipinski definition) is 0. The monoisotopic (exact) mass is 108 g/mol. The van der Waals surface area contributed by atoms with E-state index in [1.165, 1.54) is 20.5 Å². The summed E-state index contributed by atoms with van der Waals surface area (Å²) >= 11 is 0. The molecule has 0 saturated carbocycles. The lowest BCUT2D eigenvalue weighted by Crippen LogP contribution is -1.13. The summed E-state index contributed by atoms with van der Waals surface area (Å²) in [6, 6.07) is 0. The molecule has 0 bridgehead atoms. The van der Waals surface area contributed by atoms with Crippen LogP contribution in [0.15, 0.2) is 0 Å². The van der Waals surface area contributed by atoms with Gasteiger partial charge in [-0.1, -0.05) is 20.5 Å². The Balaban J connectivity index is -0.0000000133. The van der Waals surface area contributed by atoms with Crippen molar-refractivity contribution >= 4 is 20.5 Å². The van der Waals surface area contributed by atoms with Gasteiger partial charge < -0.3 is 0 Å². The van der Waals surface area contributed by atoms with E-state index in [1.807, 2.05) is 0 Å². The quantitative estimate of drug-likeness (QED) is 0.365. The lowest BCUT2D eigenvalue weighted by molar-refractivity contribution is 2.39. The summed E-state index contributed by atoms with van der Waals surface area (Å²) in [6.45, 7) is 4.28. The van der Waals surface area contributed by atoms with E-state index in [0.717, 1.165) is 0 Å². The molecule has 0 unspecified atom stereocenters. The zero-order valence-corrected chi connectivity index (χ0v) is 8.00. The Hall–Kier alpha value is 0.434. The first-order chi connectivity index (χ1) is 2.00. The second kappa shape index (κ2) is 278. The van der Waals surface area contributed by atoms with Crippen LogP contribution in [0, 0.1) is 0 Å². The third kappa shape index (κ3) is 140. The average Bonchev–Trinajstić information content (AvgIpc) is 1.50. The van der Waals surface area contributed by atoms with E-state index in [1.54, 1.807) is 0 Å². The molecule has 0 aromatic heterocycles. The third-order valence-corrected chi connectivity index (χ3v) is 0. The summed E-state index contributed by atoms with van der Waals surface area (Å²) in [5.41, 5.74) is 0. The SMILES string of the molecule is C.C[SiH3].C[SiH3]. The molecular weight excluding hydrogens is 92.2 g/mol. The van der Waals surface area contributed by atoms with Crippen LogP contribution in [0.1, 0.15) is 7.43 Å². The van der Waals surface area contributed by atoms with Gasteiger partial charge in [-0.25, -0.2) is 0 Å². The molecule has 0 spiro atoms. The van der Waals surface area contributed by atoms with E-state index in [-0.39, 0.29) is 7.43 Å². The van der Waals surface area contributed by atoms with Gasteiger partial charge in [0.1, 0.15) is 0 Å². The molecule has 0 rings (SSSR count). The van der Waals surface area contributed by atoms with Crippen LogP contribution in [0.25, 0.3) is 0 Å². The van der Waals surface area contributed by atoms with Gasteiger partial charge in [-0.15, -0.1) is 0 Å². The van der Waals surface area contributed by atoms with Gasteiger partial charge >= 0.3 is 0 Å². The van der Waals surface area contributed by atoms with Gasteiger partial charge in [0.25, 0.3) is 0 Å². The minimum atomic E-state index is 0. The summed E-state index contributed by atoms with van der Waals surface area (Å²) in [5, 5.41) is 0. The summed E-state index contributed by atoms with van der Waals surface area (Å²) in [7, 11) is 2.61. The highest BCUT2D eigenvalue weighted by atomic mass is 28.1. The molecule has 0 aliphatic rings. The molecular formula is C3H16Si2. The van der Waals surface area contributed by atoms with Gasteiger partial charge in [0, 0.05) is 0 Å². The van der Waals surface area contributed by atoms with Crippen LogP contribution in [0.3, 0.4) is 0 Å². The first kappa shape index (κ1) is 18.0. The van der Waals surface area contributed by atoms with Gasteiger partial charge in [-0.05, 0) is 20.5 Å². The smallest absolute Gasteiger partial charge is 0.000585 e. The largest absolute Gasteiger partial charge is 0.0777 e. The van der Waals surface area contributed by atoms with Crippen LogP contribution in [-0.4, -0.2) is 20.5 Å². The molecule has 0 aliphatic heterocycles. The molecule has 0 aromatic carbocycles. The van der Waals surface area contributed by atoms with Crippen molar-refractivity contribution in [1.29, 1.82) is 0 Å². The fraction of sp³-hybridized carbons (Fsp3) is 1.00. The lowest BCUT2D eigenvalue weighted by Gasteiger charge is -1.04. The Bertz CT molecular complexity index is 4.85. The maximum Gasteiger partial charge on any atom is -0.000585 e. The molecule has 0 nitrogen and oxygen atoms in total. The minimum Gasteiger partial charge on any atom is -0.0777 e. The molecule has 0 saturated heterocycles. The molecule has 0 fully saturated rings. The Morgan fingerprint density at radius 2 is 0.800 bits per heavy atom. The van der Waals surface area contributed by atoms with Gasteiger partial charge in [0.2, 0.25) is 0 Å². The maximum absolute atomic E-state index is 2.14. The summed E-state index contributed by atoms with van der Waals surface area (Å²) in [5.74, 6) is 0. The number of rotatable bonds is 0. The van der Waals surface area contributed by atoms with Crippen LogP contribution in [-0.2, 0) is 0 Å². The first-order valence-corrected chi connectivity index (χ1v) is 6.00. The van der Waals surface area contributed by atoms with Crippen molar-refractivity contribution in [2.45, 2.75) is 20.5 Å². The molecule has 0 radical (unpaired) electrons. The molecule has 5 heavy (non-hydrogen) atoms. The van der Waals surface area contributed by atoms with Crippen molar-refractivity contribution in [2.75, 3.05) is 0 Å². The molecule has 0 aliphatic carbocycles. The van der Waals surface area contributed by atoms with Gasteiger partial charge in [0.05, 0.1) is 0 Å². The molecule has 0 N–H and O–H groups in total. The second-order valence-electron chi connectivity index (χ2n) is 0. The van der Waals surface area contributed by atoms with E-state index in [0.29, 0.717) is 0 Å². The van der Waals surface area contributed by atoms with Gasteiger partial charge in [0.15, 0.2) is 0 Å². The average molecular weight is 108 g/mol. The van der Waals surface area contributed by atoms with Gasteiger partial charge in [-0.3, -0.25) is 0 Å². The summed E-state index contributed by atoms with van der Waals surface area (Å²) < 4.78 is 0. The van der Waals surface area contributed by atoms with Crippen molar-refractivity contribution in [2.24, 2.45) is 0 Å². The number of hydrogen-bond acceptors (Lipinski definition) is 0. The van der Waals surface area contributed by atoms with Crippen LogP contribution < -0.4 is 0 Å². The van der Waals surface area contributed by atoms with Crippen molar-refractivity contribution < 1.29 is 0 Å². The first-order valence-electron chi connectivity index (χ1n) is 2.00. The van der Waals surface area contributed by atoms with Crippen LogP contribution in [0.5, 0.6) is 0 Å². The predicted molar refractivity (Wildman–Crippen MR) is 38.3 cm³/mol. The van der Waals surface area contributed by atoms with Crippen molar-refractivity contribution in [3.05, 3.63) is 0 Å². The second-order valence-corrected chi connectivity index (χ2v) is 0. The Morgan fingerprint density at radius 1 is 0.800 bits per heavy atom. The Labute approximate surface area is 41.8 Å². The zero-order chi connectivity index (χ0) is 4.00. The van der Waals surface area contributed by atoms with E-state index in [2.05, 4.69) is 13.1 Å². The summed E-state index contributed by atoms with van der Waals surface area (Å²) in [6.07, 6.45) is 0. The van der Waals surface area contributed by atoms with Crippen molar-refractivity contribution in [1.82, 2.24) is 0 Å². The van der Waals surface area contributed by atoms with E-state index < -0.39 is 0 Å². The van der Waals surface area contributed by atoms with Crippen LogP contribution in [0.2, 0.25) is 13.1 Å². The highest BCUT2D eigenvalue weighted by molar-refractivity contribution is 6.05. The van der Waals surface area contributed by atoms with E-state index in [9.17, 15) is 0 Å². The molecule has 0 amide bonds. The lowest BCUT2D eigenvalue weighted by atomic mass is 11.9.